The Morgan fingerprint density at radius 2 is 2.00 bits per heavy atom. The van der Waals surface area contributed by atoms with Gasteiger partial charge in [0.25, 0.3) is 5.91 Å². The molecule has 0 bridgehead atoms. The van der Waals surface area contributed by atoms with Gasteiger partial charge in [0.05, 0.1) is 12.6 Å². The van der Waals surface area contributed by atoms with E-state index in [9.17, 15) is 4.79 Å². The van der Waals surface area contributed by atoms with E-state index in [4.69, 9.17) is 4.74 Å². The molecule has 4 heteroatoms. The molecular weight excluding hydrogens is 312 g/mol. The summed E-state index contributed by atoms with van der Waals surface area (Å²) in [4.78, 5) is 19.6. The highest BCUT2D eigenvalue weighted by molar-refractivity contribution is 6.06. The highest BCUT2D eigenvalue weighted by Gasteiger charge is 2.31. The Kier molecular flexibility index (Phi) is 5.69. The second kappa shape index (κ2) is 7.96. The van der Waals surface area contributed by atoms with Gasteiger partial charge in [0, 0.05) is 31.0 Å². The summed E-state index contributed by atoms with van der Waals surface area (Å²) in [5.41, 5.74) is 4.19. The molecule has 0 N–H and O–H groups in total. The van der Waals surface area contributed by atoms with Gasteiger partial charge in [-0.1, -0.05) is 29.8 Å². The van der Waals surface area contributed by atoms with Crippen molar-refractivity contribution in [2.45, 2.75) is 58.2 Å². The van der Waals surface area contributed by atoms with Crippen molar-refractivity contribution < 1.29 is 9.53 Å². The first-order chi connectivity index (χ1) is 12.1. The van der Waals surface area contributed by atoms with Crippen molar-refractivity contribution in [1.82, 2.24) is 4.90 Å². The topological polar surface area (TPSA) is 41.9 Å². The van der Waals surface area contributed by atoms with E-state index in [2.05, 4.69) is 41.1 Å². The smallest absolute Gasteiger partial charge is 0.252 e. The fraction of sp³-hybridized carbons (Fsp3) is 0.524. The van der Waals surface area contributed by atoms with Crippen LogP contribution in [0.3, 0.4) is 0 Å². The molecule has 25 heavy (non-hydrogen) atoms. The van der Waals surface area contributed by atoms with E-state index in [1.54, 1.807) is 7.11 Å². The lowest BCUT2D eigenvalue weighted by atomic mass is 9.91. The van der Waals surface area contributed by atoms with Crippen LogP contribution in [0.1, 0.15) is 43.7 Å². The summed E-state index contributed by atoms with van der Waals surface area (Å²) in [6, 6.07) is 8.72. The molecule has 0 aromatic heterocycles. The largest absolute Gasteiger partial charge is 0.381 e. The molecule has 3 rings (SSSR count). The number of amides is 1. The van der Waals surface area contributed by atoms with Gasteiger partial charge in [0.2, 0.25) is 0 Å². The number of hydrogen-bond acceptors (Lipinski definition) is 3. The molecule has 0 saturated heterocycles. The number of ether oxygens (including phenoxy) is 1. The van der Waals surface area contributed by atoms with Gasteiger partial charge in [0.1, 0.15) is 0 Å². The number of aliphatic imine (C=N–C) groups is 1. The van der Waals surface area contributed by atoms with Gasteiger partial charge in [-0.2, -0.15) is 0 Å². The maximum atomic E-state index is 13.2. The Labute approximate surface area is 150 Å². The van der Waals surface area contributed by atoms with Crippen LogP contribution in [0.4, 0.5) is 0 Å². The van der Waals surface area contributed by atoms with Crippen LogP contribution in [-0.4, -0.2) is 42.3 Å². The van der Waals surface area contributed by atoms with Crippen LogP contribution in [0, 0.1) is 6.92 Å². The van der Waals surface area contributed by atoms with Crippen molar-refractivity contribution in [3.8, 4) is 0 Å². The SMILES string of the molecule is COC1CCC(N(Cc2cccc(C)c2)C(=O)C2=CC(C)=NC2)CC1. The normalized spacial score (nSPS) is 23.2. The third kappa shape index (κ3) is 4.37. The fourth-order valence-corrected chi connectivity index (χ4v) is 3.83. The van der Waals surface area contributed by atoms with Crippen LogP contribution >= 0.6 is 0 Å². The first-order valence-corrected chi connectivity index (χ1v) is 9.17. The lowest BCUT2D eigenvalue weighted by molar-refractivity contribution is -0.131. The van der Waals surface area contributed by atoms with Gasteiger partial charge in [-0.05, 0) is 51.2 Å². The molecule has 1 aliphatic heterocycles. The number of aryl methyl sites for hydroxylation is 1. The molecule has 2 aliphatic rings. The van der Waals surface area contributed by atoms with Gasteiger partial charge in [-0.25, -0.2) is 0 Å². The number of carbonyl (C=O) groups excluding carboxylic acids is 1. The van der Waals surface area contributed by atoms with E-state index in [-0.39, 0.29) is 11.9 Å². The monoisotopic (exact) mass is 340 g/mol. The van der Waals surface area contributed by atoms with E-state index in [0.717, 1.165) is 37.0 Å². The number of methoxy groups -OCH3 is 1. The Balaban J connectivity index is 1.78. The third-order valence-electron chi connectivity index (χ3n) is 5.27. The van der Waals surface area contributed by atoms with Crippen molar-refractivity contribution in [3.05, 3.63) is 47.0 Å². The molecule has 1 aliphatic carbocycles. The van der Waals surface area contributed by atoms with Crippen molar-refractivity contribution >= 4 is 11.6 Å². The van der Waals surface area contributed by atoms with Crippen molar-refractivity contribution in [3.63, 3.8) is 0 Å². The Morgan fingerprint density at radius 1 is 1.24 bits per heavy atom. The third-order valence-corrected chi connectivity index (χ3v) is 5.27. The maximum absolute atomic E-state index is 13.2. The molecule has 1 amide bonds. The quantitative estimate of drug-likeness (QED) is 0.820. The predicted octanol–water partition coefficient (Wildman–Crippen LogP) is 3.68. The summed E-state index contributed by atoms with van der Waals surface area (Å²) >= 11 is 0. The zero-order valence-electron chi connectivity index (χ0n) is 15.5. The number of carbonyl (C=O) groups is 1. The second-order valence-electron chi connectivity index (χ2n) is 7.22. The lowest BCUT2D eigenvalue weighted by Gasteiger charge is -2.37. The van der Waals surface area contributed by atoms with Gasteiger partial charge < -0.3 is 9.64 Å². The predicted molar refractivity (Wildman–Crippen MR) is 101 cm³/mol. The average molecular weight is 340 g/mol. The summed E-state index contributed by atoms with van der Waals surface area (Å²) < 4.78 is 5.49. The van der Waals surface area contributed by atoms with Crippen LogP contribution in [0.25, 0.3) is 0 Å². The maximum Gasteiger partial charge on any atom is 0.252 e. The first-order valence-electron chi connectivity index (χ1n) is 9.17. The van der Waals surface area contributed by atoms with Crippen LogP contribution in [0.5, 0.6) is 0 Å². The van der Waals surface area contributed by atoms with Crippen LogP contribution < -0.4 is 0 Å². The molecule has 0 spiro atoms. The second-order valence-corrected chi connectivity index (χ2v) is 7.22. The zero-order valence-corrected chi connectivity index (χ0v) is 15.5. The molecule has 4 nitrogen and oxygen atoms in total. The van der Waals surface area contributed by atoms with Crippen molar-refractivity contribution in [2.75, 3.05) is 13.7 Å². The first kappa shape index (κ1) is 17.9. The summed E-state index contributed by atoms with van der Waals surface area (Å²) in [6.07, 6.45) is 6.32. The van der Waals surface area contributed by atoms with E-state index in [0.29, 0.717) is 19.2 Å². The van der Waals surface area contributed by atoms with Gasteiger partial charge in [-0.15, -0.1) is 0 Å². The summed E-state index contributed by atoms with van der Waals surface area (Å²) in [5, 5.41) is 0. The lowest BCUT2D eigenvalue weighted by Crippen LogP contribution is -2.43. The molecule has 134 valence electrons. The van der Waals surface area contributed by atoms with E-state index < -0.39 is 0 Å². The van der Waals surface area contributed by atoms with Crippen LogP contribution in [0.15, 0.2) is 40.9 Å². The van der Waals surface area contributed by atoms with Crippen LogP contribution in [-0.2, 0) is 16.1 Å². The van der Waals surface area contributed by atoms with Crippen LogP contribution in [0.2, 0.25) is 0 Å². The van der Waals surface area contributed by atoms with Crippen molar-refractivity contribution in [1.29, 1.82) is 0 Å². The van der Waals surface area contributed by atoms with Gasteiger partial charge >= 0.3 is 0 Å². The zero-order chi connectivity index (χ0) is 17.8. The number of rotatable bonds is 5. The molecule has 1 aromatic carbocycles. The minimum Gasteiger partial charge on any atom is -0.381 e. The Hall–Kier alpha value is -1.94. The number of allylic oxidation sites excluding steroid dienone is 1. The summed E-state index contributed by atoms with van der Waals surface area (Å²) in [5.74, 6) is 0.142. The van der Waals surface area contributed by atoms with E-state index >= 15 is 0 Å². The highest BCUT2D eigenvalue weighted by atomic mass is 16.5. The molecule has 0 radical (unpaired) electrons. The molecule has 0 unspecified atom stereocenters. The minimum absolute atomic E-state index is 0.142. The Bertz CT molecular complexity index is 685. The minimum atomic E-state index is 0.142. The summed E-state index contributed by atoms with van der Waals surface area (Å²) in [7, 11) is 1.78. The molecule has 1 saturated carbocycles. The average Bonchev–Trinajstić information content (AvgIpc) is 3.06. The molecule has 1 heterocycles. The fourth-order valence-electron chi connectivity index (χ4n) is 3.83. The molecule has 1 fully saturated rings. The number of hydrogen-bond donors (Lipinski definition) is 0. The number of benzene rings is 1. The molecular formula is C21H28N2O2. The number of nitrogens with zero attached hydrogens (tertiary/aromatic N) is 2. The van der Waals surface area contributed by atoms with Gasteiger partial charge in [-0.3, -0.25) is 9.79 Å². The Morgan fingerprint density at radius 3 is 2.60 bits per heavy atom. The molecule has 0 atom stereocenters. The highest BCUT2D eigenvalue weighted by Crippen LogP contribution is 2.28. The van der Waals surface area contributed by atoms with Crippen molar-refractivity contribution in [2.24, 2.45) is 4.99 Å². The van der Waals surface area contributed by atoms with E-state index in [1.807, 2.05) is 13.0 Å². The van der Waals surface area contributed by atoms with Gasteiger partial charge in [0.15, 0.2) is 0 Å². The molecule has 1 aromatic rings. The standard InChI is InChI=1S/C21H28N2O2/c1-15-5-4-6-17(11-15)14-23(19-7-9-20(25-3)10-8-19)21(24)18-12-16(2)22-13-18/h4-6,11-12,19-20H,7-10,13-14H2,1-3H3. The summed E-state index contributed by atoms with van der Waals surface area (Å²) in [6.45, 7) is 5.23. The van der Waals surface area contributed by atoms with E-state index in [1.165, 1.54) is 11.1 Å².